The normalized spacial score (nSPS) is 12.6. The number of nitrogens with zero attached hydrogens (tertiary/aromatic N) is 3. The maximum Gasteiger partial charge on any atom is 0.231 e. The van der Waals surface area contributed by atoms with E-state index in [4.69, 9.17) is 21.1 Å². The van der Waals surface area contributed by atoms with Gasteiger partial charge in [0.05, 0.1) is 15.6 Å². The molecule has 1 aliphatic rings. The molecular formula is C24H14ClF2N3O2S2. The Labute approximate surface area is 205 Å². The van der Waals surface area contributed by atoms with Gasteiger partial charge < -0.3 is 9.47 Å². The Morgan fingerprint density at radius 2 is 1.82 bits per heavy atom. The molecule has 10 heteroatoms. The topological polar surface area (TPSA) is 48.7 Å². The van der Waals surface area contributed by atoms with Crippen LogP contribution in [0.1, 0.15) is 5.56 Å². The molecule has 2 aromatic heterocycles. The summed E-state index contributed by atoms with van der Waals surface area (Å²) in [6.07, 6.45) is 0. The quantitative estimate of drug-likeness (QED) is 0.235. The summed E-state index contributed by atoms with van der Waals surface area (Å²) in [5.41, 5.74) is 2.67. The molecule has 0 saturated carbocycles. The van der Waals surface area contributed by atoms with Crippen molar-refractivity contribution in [2.45, 2.75) is 10.9 Å². The van der Waals surface area contributed by atoms with E-state index in [-0.39, 0.29) is 23.2 Å². The molecule has 5 aromatic rings. The van der Waals surface area contributed by atoms with Gasteiger partial charge in [-0.05, 0) is 54.1 Å². The van der Waals surface area contributed by atoms with Gasteiger partial charge >= 0.3 is 0 Å². The van der Waals surface area contributed by atoms with E-state index in [0.717, 1.165) is 11.3 Å². The van der Waals surface area contributed by atoms with Crippen LogP contribution in [0.4, 0.5) is 8.78 Å². The van der Waals surface area contributed by atoms with Crippen molar-refractivity contribution in [2.24, 2.45) is 0 Å². The van der Waals surface area contributed by atoms with E-state index < -0.39 is 5.82 Å². The third kappa shape index (κ3) is 3.70. The van der Waals surface area contributed by atoms with Crippen molar-refractivity contribution >= 4 is 39.7 Å². The van der Waals surface area contributed by atoms with E-state index in [0.29, 0.717) is 37.8 Å². The lowest BCUT2D eigenvalue weighted by atomic mass is 10.1. The molecule has 0 amide bonds. The van der Waals surface area contributed by atoms with Crippen molar-refractivity contribution in [3.8, 4) is 33.2 Å². The minimum absolute atomic E-state index is 0.216. The zero-order valence-electron chi connectivity index (χ0n) is 17.3. The highest BCUT2D eigenvalue weighted by Crippen LogP contribution is 2.44. The van der Waals surface area contributed by atoms with Crippen LogP contribution in [-0.4, -0.2) is 21.4 Å². The molecular weight excluding hydrogens is 500 g/mol. The minimum Gasteiger partial charge on any atom is -0.454 e. The first-order valence-corrected chi connectivity index (χ1v) is 12.4. The Morgan fingerprint density at radius 3 is 2.65 bits per heavy atom. The predicted octanol–water partition coefficient (Wildman–Crippen LogP) is 7.08. The van der Waals surface area contributed by atoms with E-state index in [9.17, 15) is 8.78 Å². The van der Waals surface area contributed by atoms with Crippen molar-refractivity contribution in [2.75, 3.05) is 6.79 Å². The summed E-state index contributed by atoms with van der Waals surface area (Å²) in [6.45, 7) is 0.216. The van der Waals surface area contributed by atoms with Crippen LogP contribution in [0.2, 0.25) is 5.02 Å². The molecule has 0 radical (unpaired) electrons. The molecule has 0 aliphatic carbocycles. The second-order valence-electron chi connectivity index (χ2n) is 7.46. The van der Waals surface area contributed by atoms with Crippen molar-refractivity contribution in [3.63, 3.8) is 0 Å². The van der Waals surface area contributed by atoms with Crippen molar-refractivity contribution in [1.82, 2.24) is 14.6 Å². The molecule has 0 saturated heterocycles. The standard InChI is InChI=1S/C24H14ClF2N3O2S2/c25-16-2-1-3-17(27)20(16)22-21(14-5-7-15(26)8-6-14)30-23(28-29-24(30)34-22)33-11-13-4-9-18-19(10-13)32-12-31-18/h1-10H,11-12H2. The molecule has 170 valence electrons. The predicted molar refractivity (Wildman–Crippen MR) is 129 cm³/mol. The summed E-state index contributed by atoms with van der Waals surface area (Å²) in [6, 6.07) is 16.4. The van der Waals surface area contributed by atoms with Crippen LogP contribution in [0, 0.1) is 11.6 Å². The first-order valence-electron chi connectivity index (χ1n) is 10.2. The lowest BCUT2D eigenvalue weighted by Gasteiger charge is -2.09. The fourth-order valence-electron chi connectivity index (χ4n) is 3.78. The fourth-order valence-corrected chi connectivity index (χ4v) is 6.18. The molecule has 0 bridgehead atoms. The van der Waals surface area contributed by atoms with E-state index >= 15 is 0 Å². The van der Waals surface area contributed by atoms with E-state index in [1.54, 1.807) is 24.3 Å². The number of benzene rings is 3. The SMILES string of the molecule is Fc1ccc(-c2c(-c3c(F)cccc3Cl)sc3nnc(SCc4ccc5c(c4)OCO5)n23)cc1. The average Bonchev–Trinajstić information content (AvgIpc) is 3.54. The van der Waals surface area contributed by atoms with Crippen molar-refractivity contribution in [1.29, 1.82) is 0 Å². The first-order chi connectivity index (χ1) is 16.6. The average molecular weight is 514 g/mol. The van der Waals surface area contributed by atoms with E-state index in [1.807, 2.05) is 22.6 Å². The Hall–Kier alpha value is -3.14. The molecule has 5 nitrogen and oxygen atoms in total. The van der Waals surface area contributed by atoms with Gasteiger partial charge in [0.15, 0.2) is 16.7 Å². The lowest BCUT2D eigenvalue weighted by molar-refractivity contribution is 0.174. The number of hydrogen-bond donors (Lipinski definition) is 0. The van der Waals surface area contributed by atoms with Gasteiger partial charge in [0.2, 0.25) is 11.8 Å². The maximum absolute atomic E-state index is 14.9. The maximum atomic E-state index is 14.9. The highest BCUT2D eigenvalue weighted by molar-refractivity contribution is 7.98. The summed E-state index contributed by atoms with van der Waals surface area (Å²) in [4.78, 5) is 1.19. The largest absolute Gasteiger partial charge is 0.454 e. The Morgan fingerprint density at radius 1 is 1.00 bits per heavy atom. The van der Waals surface area contributed by atoms with Gasteiger partial charge in [0.1, 0.15) is 11.6 Å². The van der Waals surface area contributed by atoms with Crippen LogP contribution in [0.5, 0.6) is 11.5 Å². The number of rotatable bonds is 5. The van der Waals surface area contributed by atoms with Gasteiger partial charge in [-0.1, -0.05) is 46.8 Å². The third-order valence-electron chi connectivity index (χ3n) is 5.35. The van der Waals surface area contributed by atoms with E-state index in [1.165, 1.54) is 41.3 Å². The number of aromatic nitrogens is 3. The molecule has 0 spiro atoms. The summed E-state index contributed by atoms with van der Waals surface area (Å²) in [7, 11) is 0. The number of thiazole rings is 1. The smallest absolute Gasteiger partial charge is 0.231 e. The lowest BCUT2D eigenvalue weighted by Crippen LogP contribution is -1.94. The van der Waals surface area contributed by atoms with Gasteiger partial charge in [-0.25, -0.2) is 8.78 Å². The van der Waals surface area contributed by atoms with Crippen LogP contribution in [0.25, 0.3) is 26.7 Å². The molecule has 0 fully saturated rings. The first kappa shape index (κ1) is 21.4. The van der Waals surface area contributed by atoms with E-state index in [2.05, 4.69) is 10.2 Å². The van der Waals surface area contributed by atoms with Gasteiger partial charge in [-0.3, -0.25) is 4.40 Å². The number of hydrogen-bond acceptors (Lipinski definition) is 6. The zero-order valence-corrected chi connectivity index (χ0v) is 19.7. The molecule has 3 heterocycles. The molecule has 0 atom stereocenters. The third-order valence-corrected chi connectivity index (χ3v) is 7.71. The second kappa shape index (κ2) is 8.57. The molecule has 0 unspecified atom stereocenters. The summed E-state index contributed by atoms with van der Waals surface area (Å²) >= 11 is 9.17. The Kier molecular flexibility index (Phi) is 5.40. The van der Waals surface area contributed by atoms with Crippen molar-refractivity contribution < 1.29 is 18.3 Å². The summed E-state index contributed by atoms with van der Waals surface area (Å²) in [5.74, 6) is 1.24. The number of thioether (sulfide) groups is 1. The van der Waals surface area contributed by atoms with Crippen molar-refractivity contribution in [3.05, 3.63) is 82.9 Å². The molecule has 1 aliphatic heterocycles. The summed E-state index contributed by atoms with van der Waals surface area (Å²) in [5, 5.41) is 9.59. The highest BCUT2D eigenvalue weighted by atomic mass is 35.5. The van der Waals surface area contributed by atoms with Crippen LogP contribution in [0.15, 0.2) is 65.8 Å². The van der Waals surface area contributed by atoms with Crippen LogP contribution < -0.4 is 9.47 Å². The Balaban J connectivity index is 1.46. The monoisotopic (exact) mass is 513 g/mol. The second-order valence-corrected chi connectivity index (χ2v) is 9.79. The number of halogens is 3. The zero-order chi connectivity index (χ0) is 23.2. The van der Waals surface area contributed by atoms with Gasteiger partial charge in [0.25, 0.3) is 0 Å². The molecule has 6 rings (SSSR count). The van der Waals surface area contributed by atoms with Gasteiger partial charge in [0, 0.05) is 16.9 Å². The Bertz CT molecular complexity index is 1520. The molecule has 34 heavy (non-hydrogen) atoms. The van der Waals surface area contributed by atoms with Crippen LogP contribution in [0.3, 0.4) is 0 Å². The highest BCUT2D eigenvalue weighted by Gasteiger charge is 2.24. The minimum atomic E-state index is -0.442. The molecule has 3 aromatic carbocycles. The number of fused-ring (bicyclic) bond motifs is 2. The van der Waals surface area contributed by atoms with Crippen LogP contribution >= 0.6 is 34.7 Å². The number of ether oxygens (including phenoxy) is 2. The fraction of sp³-hybridized carbons (Fsp3) is 0.0833. The summed E-state index contributed by atoms with van der Waals surface area (Å²) < 4.78 is 41.3. The van der Waals surface area contributed by atoms with Gasteiger partial charge in [-0.2, -0.15) is 0 Å². The van der Waals surface area contributed by atoms with Gasteiger partial charge in [-0.15, -0.1) is 10.2 Å². The molecule has 0 N–H and O–H groups in total. The van der Waals surface area contributed by atoms with Crippen LogP contribution in [-0.2, 0) is 5.75 Å².